The summed E-state index contributed by atoms with van der Waals surface area (Å²) in [5.41, 5.74) is 3.15. The van der Waals surface area contributed by atoms with Crippen molar-refractivity contribution < 1.29 is 9.52 Å². The molecule has 0 atom stereocenters. The molecule has 4 heteroatoms. The van der Waals surface area contributed by atoms with Crippen molar-refractivity contribution in [1.29, 1.82) is 0 Å². The predicted octanol–water partition coefficient (Wildman–Crippen LogP) is 3.97. The van der Waals surface area contributed by atoms with Crippen LogP contribution in [0.15, 0.2) is 59.1 Å². The molecule has 1 aromatic heterocycles. The molecule has 3 aromatic rings. The molecule has 0 spiro atoms. The average molecular weight is 280 g/mol. The monoisotopic (exact) mass is 280 g/mol. The standard InChI is InChI=1S/C17H16N2O2/c1-12-18-11-17(21-12)14-4-6-15(7-5-14)19-10-13-2-8-16(20)9-3-13/h2-9,11,19-20H,10H2,1H3. The quantitative estimate of drug-likeness (QED) is 0.759. The Balaban J connectivity index is 1.65. The fourth-order valence-corrected chi connectivity index (χ4v) is 2.07. The third-order valence-electron chi connectivity index (χ3n) is 3.22. The number of phenolic OH excluding ortho intramolecular Hbond substituents is 1. The van der Waals surface area contributed by atoms with E-state index in [4.69, 9.17) is 4.42 Å². The van der Waals surface area contributed by atoms with Crippen LogP contribution < -0.4 is 5.32 Å². The maximum atomic E-state index is 9.25. The Bertz CT molecular complexity index is 715. The summed E-state index contributed by atoms with van der Waals surface area (Å²) in [4.78, 5) is 4.10. The number of rotatable bonds is 4. The minimum atomic E-state index is 0.283. The third kappa shape index (κ3) is 3.23. The number of nitrogens with one attached hydrogen (secondary N) is 1. The van der Waals surface area contributed by atoms with Crippen LogP contribution in [0.1, 0.15) is 11.5 Å². The molecule has 0 aliphatic heterocycles. The molecule has 0 saturated carbocycles. The van der Waals surface area contributed by atoms with Crippen molar-refractivity contribution in [3.05, 3.63) is 66.2 Å². The first kappa shape index (κ1) is 13.2. The molecule has 21 heavy (non-hydrogen) atoms. The van der Waals surface area contributed by atoms with Gasteiger partial charge in [-0.1, -0.05) is 12.1 Å². The Morgan fingerprint density at radius 1 is 1.05 bits per heavy atom. The predicted molar refractivity (Wildman–Crippen MR) is 82.1 cm³/mol. The van der Waals surface area contributed by atoms with Crippen LogP contribution in [0.4, 0.5) is 5.69 Å². The summed E-state index contributed by atoms with van der Waals surface area (Å²) in [6.45, 7) is 2.54. The van der Waals surface area contributed by atoms with Gasteiger partial charge in [-0.25, -0.2) is 4.98 Å². The van der Waals surface area contributed by atoms with Crippen LogP contribution in [0.25, 0.3) is 11.3 Å². The van der Waals surface area contributed by atoms with Gasteiger partial charge in [0.15, 0.2) is 11.7 Å². The van der Waals surface area contributed by atoms with E-state index < -0.39 is 0 Å². The zero-order valence-electron chi connectivity index (χ0n) is 11.7. The second kappa shape index (κ2) is 5.71. The molecule has 4 nitrogen and oxygen atoms in total. The topological polar surface area (TPSA) is 58.3 Å². The van der Waals surface area contributed by atoms with E-state index in [0.717, 1.165) is 22.6 Å². The molecule has 0 amide bonds. The molecule has 0 aliphatic rings. The summed E-state index contributed by atoms with van der Waals surface area (Å²) in [5, 5.41) is 12.6. The van der Waals surface area contributed by atoms with Crippen molar-refractivity contribution in [2.45, 2.75) is 13.5 Å². The van der Waals surface area contributed by atoms with Gasteiger partial charge in [0.2, 0.25) is 0 Å². The zero-order chi connectivity index (χ0) is 14.7. The normalized spacial score (nSPS) is 10.5. The molecule has 2 aromatic carbocycles. The molecule has 0 fully saturated rings. The number of benzene rings is 2. The van der Waals surface area contributed by atoms with Crippen LogP contribution in [0.5, 0.6) is 5.75 Å². The summed E-state index contributed by atoms with van der Waals surface area (Å²) >= 11 is 0. The van der Waals surface area contributed by atoms with E-state index in [1.807, 2.05) is 43.3 Å². The molecule has 2 N–H and O–H groups in total. The number of oxazole rings is 1. The number of aromatic hydroxyl groups is 1. The van der Waals surface area contributed by atoms with Crippen molar-refractivity contribution in [2.75, 3.05) is 5.32 Å². The summed E-state index contributed by atoms with van der Waals surface area (Å²) < 4.78 is 5.49. The van der Waals surface area contributed by atoms with Crippen molar-refractivity contribution in [2.24, 2.45) is 0 Å². The Morgan fingerprint density at radius 2 is 1.76 bits per heavy atom. The number of aryl methyl sites for hydroxylation is 1. The van der Waals surface area contributed by atoms with Gasteiger partial charge in [-0.2, -0.15) is 0 Å². The van der Waals surface area contributed by atoms with E-state index in [1.54, 1.807) is 18.3 Å². The summed E-state index contributed by atoms with van der Waals surface area (Å²) in [6.07, 6.45) is 1.73. The van der Waals surface area contributed by atoms with Crippen LogP contribution in [-0.2, 0) is 6.54 Å². The molecule has 0 saturated heterocycles. The maximum Gasteiger partial charge on any atom is 0.191 e. The Kier molecular flexibility index (Phi) is 3.60. The molecule has 3 rings (SSSR count). The van der Waals surface area contributed by atoms with Gasteiger partial charge in [-0.05, 0) is 42.0 Å². The highest BCUT2D eigenvalue weighted by Gasteiger charge is 2.03. The molecular weight excluding hydrogens is 264 g/mol. The first-order chi connectivity index (χ1) is 10.2. The van der Waals surface area contributed by atoms with E-state index >= 15 is 0 Å². The number of aromatic nitrogens is 1. The second-order valence-corrected chi connectivity index (χ2v) is 4.84. The highest BCUT2D eigenvalue weighted by atomic mass is 16.4. The molecule has 0 aliphatic carbocycles. The van der Waals surface area contributed by atoms with E-state index in [-0.39, 0.29) is 5.75 Å². The van der Waals surface area contributed by atoms with Crippen LogP contribution >= 0.6 is 0 Å². The van der Waals surface area contributed by atoms with Crippen molar-refractivity contribution in [1.82, 2.24) is 4.98 Å². The van der Waals surface area contributed by atoms with Crippen molar-refractivity contribution in [3.63, 3.8) is 0 Å². The fraction of sp³-hybridized carbons (Fsp3) is 0.118. The lowest BCUT2D eigenvalue weighted by atomic mass is 10.1. The van der Waals surface area contributed by atoms with Gasteiger partial charge >= 0.3 is 0 Å². The number of hydrogen-bond donors (Lipinski definition) is 2. The maximum absolute atomic E-state index is 9.25. The van der Waals surface area contributed by atoms with Crippen LogP contribution in [0, 0.1) is 6.92 Å². The summed E-state index contributed by atoms with van der Waals surface area (Å²) in [6, 6.07) is 15.2. The lowest BCUT2D eigenvalue weighted by Crippen LogP contribution is -1.98. The fourth-order valence-electron chi connectivity index (χ4n) is 2.07. The first-order valence-electron chi connectivity index (χ1n) is 6.75. The summed E-state index contributed by atoms with van der Waals surface area (Å²) in [7, 11) is 0. The lowest BCUT2D eigenvalue weighted by molar-refractivity contribution is 0.475. The third-order valence-corrected chi connectivity index (χ3v) is 3.22. The molecule has 0 unspecified atom stereocenters. The van der Waals surface area contributed by atoms with Gasteiger partial charge in [-0.15, -0.1) is 0 Å². The minimum absolute atomic E-state index is 0.283. The molecule has 106 valence electrons. The molecule has 0 radical (unpaired) electrons. The lowest BCUT2D eigenvalue weighted by Gasteiger charge is -2.07. The number of hydrogen-bond acceptors (Lipinski definition) is 4. The molecule has 1 heterocycles. The molecular formula is C17H16N2O2. The van der Waals surface area contributed by atoms with Gasteiger partial charge in [-0.3, -0.25) is 0 Å². The smallest absolute Gasteiger partial charge is 0.191 e. The van der Waals surface area contributed by atoms with Gasteiger partial charge in [0, 0.05) is 24.7 Å². The zero-order valence-corrected chi connectivity index (χ0v) is 11.7. The van der Waals surface area contributed by atoms with E-state index in [0.29, 0.717) is 12.4 Å². The van der Waals surface area contributed by atoms with Gasteiger partial charge < -0.3 is 14.8 Å². The van der Waals surface area contributed by atoms with E-state index in [2.05, 4.69) is 10.3 Å². The summed E-state index contributed by atoms with van der Waals surface area (Å²) in [5.74, 6) is 1.72. The van der Waals surface area contributed by atoms with Crippen molar-refractivity contribution >= 4 is 5.69 Å². The van der Waals surface area contributed by atoms with Gasteiger partial charge in [0.05, 0.1) is 6.20 Å². The number of nitrogens with zero attached hydrogens (tertiary/aromatic N) is 1. The highest BCUT2D eigenvalue weighted by molar-refractivity contribution is 5.60. The largest absolute Gasteiger partial charge is 0.508 e. The van der Waals surface area contributed by atoms with Crippen molar-refractivity contribution in [3.8, 4) is 17.1 Å². The SMILES string of the molecule is Cc1ncc(-c2ccc(NCc3ccc(O)cc3)cc2)o1. The van der Waals surface area contributed by atoms with Crippen LogP contribution in [0.3, 0.4) is 0 Å². The van der Waals surface area contributed by atoms with Crippen LogP contribution in [-0.4, -0.2) is 10.1 Å². The average Bonchev–Trinajstić information content (AvgIpc) is 2.94. The first-order valence-corrected chi connectivity index (χ1v) is 6.75. The minimum Gasteiger partial charge on any atom is -0.508 e. The Hall–Kier alpha value is -2.75. The van der Waals surface area contributed by atoms with Gasteiger partial charge in [0.25, 0.3) is 0 Å². The number of anilines is 1. The Morgan fingerprint density at radius 3 is 2.38 bits per heavy atom. The highest BCUT2D eigenvalue weighted by Crippen LogP contribution is 2.22. The molecule has 0 bridgehead atoms. The Labute approximate surface area is 123 Å². The second-order valence-electron chi connectivity index (χ2n) is 4.84. The van der Waals surface area contributed by atoms with Crippen LogP contribution in [0.2, 0.25) is 0 Å². The van der Waals surface area contributed by atoms with E-state index in [1.165, 1.54) is 0 Å². The number of phenols is 1. The van der Waals surface area contributed by atoms with Gasteiger partial charge in [0.1, 0.15) is 5.75 Å². The van der Waals surface area contributed by atoms with E-state index in [9.17, 15) is 5.11 Å².